The van der Waals surface area contributed by atoms with Crippen molar-refractivity contribution in [1.29, 1.82) is 0 Å². The van der Waals surface area contributed by atoms with Gasteiger partial charge in [-0.25, -0.2) is 4.98 Å². The highest BCUT2D eigenvalue weighted by Crippen LogP contribution is 2.44. The van der Waals surface area contributed by atoms with Crippen LogP contribution in [0.15, 0.2) is 54.7 Å². The SMILES string of the molecule is CC1(Oc2ccc3[nH]nc(-c4ccnc(N5CC6(CN(CC7CCN(CC8CCN(c9ccc%10c(c9)C(=O)N(C9CCC(=O)NC9=O)C%10=O)CC8)CC7)C6)C5)c4)c3c2)CC1. The molecular formula is C46H53N9O5. The third-order valence-electron chi connectivity index (χ3n) is 14.5. The number of aromatic amines is 1. The van der Waals surface area contributed by atoms with E-state index in [0.29, 0.717) is 22.5 Å². The Labute approximate surface area is 349 Å². The molecule has 4 aromatic rings. The van der Waals surface area contributed by atoms with Crippen LogP contribution in [-0.2, 0) is 9.59 Å². The van der Waals surface area contributed by atoms with Crippen molar-refractivity contribution in [1.82, 2.24) is 35.2 Å². The normalized spacial score (nSPS) is 24.5. The second-order valence-electron chi connectivity index (χ2n) is 19.1. The fourth-order valence-corrected chi connectivity index (χ4v) is 10.8. The number of ether oxygens (including phenoxy) is 1. The predicted octanol–water partition coefficient (Wildman–Crippen LogP) is 4.71. The van der Waals surface area contributed by atoms with Crippen molar-refractivity contribution in [3.8, 4) is 17.0 Å². The van der Waals surface area contributed by atoms with Gasteiger partial charge in [0.1, 0.15) is 28.9 Å². The zero-order chi connectivity index (χ0) is 40.8. The van der Waals surface area contributed by atoms with Crippen LogP contribution >= 0.6 is 0 Å². The van der Waals surface area contributed by atoms with Crippen LogP contribution in [0.5, 0.6) is 5.75 Å². The van der Waals surface area contributed by atoms with Gasteiger partial charge < -0.3 is 24.3 Å². The smallest absolute Gasteiger partial charge is 0.262 e. The number of carbonyl (C=O) groups excluding carboxylic acids is 4. The average Bonchev–Trinajstić information content (AvgIpc) is 3.70. The number of fused-ring (bicyclic) bond motifs is 2. The number of nitrogens with one attached hydrogen (secondary N) is 2. The molecule has 0 bridgehead atoms. The fourth-order valence-electron chi connectivity index (χ4n) is 10.8. The molecule has 6 aliphatic heterocycles. The molecular weight excluding hydrogens is 759 g/mol. The maximum absolute atomic E-state index is 13.4. The summed E-state index contributed by atoms with van der Waals surface area (Å²) in [4.78, 5) is 66.5. The summed E-state index contributed by atoms with van der Waals surface area (Å²) in [5, 5.41) is 11.2. The summed E-state index contributed by atoms with van der Waals surface area (Å²) in [6.45, 7) is 13.2. The molecule has 6 fully saturated rings. The number of hydrogen-bond donors (Lipinski definition) is 2. The van der Waals surface area contributed by atoms with E-state index >= 15 is 0 Å². The Morgan fingerprint density at radius 2 is 1.50 bits per heavy atom. The highest BCUT2D eigenvalue weighted by Gasteiger charge is 2.52. The quantitative estimate of drug-likeness (QED) is 0.215. The van der Waals surface area contributed by atoms with Crippen LogP contribution in [-0.4, -0.2) is 131 Å². The Kier molecular flexibility index (Phi) is 9.03. The van der Waals surface area contributed by atoms with E-state index in [9.17, 15) is 19.2 Å². The number of H-pyrrole nitrogens is 1. The molecule has 1 atom stereocenters. The topological polar surface area (TPSA) is 147 Å². The van der Waals surface area contributed by atoms with E-state index in [1.165, 1.54) is 45.6 Å². The molecule has 60 heavy (non-hydrogen) atoms. The molecule has 2 aromatic carbocycles. The second-order valence-corrected chi connectivity index (χ2v) is 19.1. The van der Waals surface area contributed by atoms with Crippen LogP contribution < -0.4 is 19.9 Å². The van der Waals surface area contributed by atoms with Crippen LogP contribution in [0, 0.1) is 17.3 Å². The molecule has 8 heterocycles. The third-order valence-corrected chi connectivity index (χ3v) is 14.5. The van der Waals surface area contributed by atoms with Crippen LogP contribution in [0.1, 0.15) is 79.0 Å². The van der Waals surface area contributed by atoms with Gasteiger partial charge in [-0.1, -0.05) is 0 Å². The van der Waals surface area contributed by atoms with Gasteiger partial charge in [-0.15, -0.1) is 0 Å². The highest BCUT2D eigenvalue weighted by atomic mass is 16.5. The summed E-state index contributed by atoms with van der Waals surface area (Å²) in [6, 6.07) is 15.0. The van der Waals surface area contributed by atoms with Gasteiger partial charge in [0.05, 0.1) is 16.6 Å². The molecule has 1 unspecified atom stereocenters. The van der Waals surface area contributed by atoms with Crippen molar-refractivity contribution < 1.29 is 23.9 Å². The lowest BCUT2D eigenvalue weighted by Crippen LogP contribution is -2.72. The van der Waals surface area contributed by atoms with E-state index in [0.717, 1.165) is 109 Å². The van der Waals surface area contributed by atoms with Crippen LogP contribution in [0.25, 0.3) is 22.2 Å². The minimum absolute atomic E-state index is 0.0226. The minimum Gasteiger partial charge on any atom is -0.488 e. The lowest BCUT2D eigenvalue weighted by atomic mass is 9.72. The maximum atomic E-state index is 13.4. The van der Waals surface area contributed by atoms with E-state index in [1.807, 2.05) is 24.4 Å². The van der Waals surface area contributed by atoms with Crippen molar-refractivity contribution in [2.45, 2.75) is 69.9 Å². The standard InChI is InChI=1S/C46H53N9O5/c1-45(13-14-45)60-33-3-5-37-36(22-33)41(50-49-37)31-8-15-47-39(20-31)54-27-46(28-54)25-52(26-46)24-29-9-16-51(17-10-29)23-30-11-18-53(19-12-30)32-2-4-34-35(21-32)44(59)55(43(34)58)38-6-7-40(56)48-42(38)57/h2-5,8,15,20-22,29-30,38H,6-7,9-14,16-19,23-28H2,1H3,(H,49,50)(H,48,56,57). The number of benzene rings is 2. The monoisotopic (exact) mass is 811 g/mol. The van der Waals surface area contributed by atoms with Gasteiger partial charge in [-0.05, 0) is 125 Å². The summed E-state index contributed by atoms with van der Waals surface area (Å²) in [7, 11) is 0. The first-order chi connectivity index (χ1) is 29.1. The molecule has 1 saturated carbocycles. The molecule has 4 amide bonds. The number of piperidine rings is 3. The van der Waals surface area contributed by atoms with Crippen molar-refractivity contribution in [2.24, 2.45) is 17.3 Å². The van der Waals surface area contributed by atoms with Gasteiger partial charge >= 0.3 is 0 Å². The number of hydrogen-bond acceptors (Lipinski definition) is 11. The number of amides is 4. The zero-order valence-corrected chi connectivity index (χ0v) is 34.3. The number of aromatic nitrogens is 3. The number of nitrogens with zero attached hydrogens (tertiary/aromatic N) is 7. The van der Waals surface area contributed by atoms with Crippen LogP contribution in [0.2, 0.25) is 0 Å². The molecule has 2 N–H and O–H groups in total. The first kappa shape index (κ1) is 37.6. The Morgan fingerprint density at radius 1 is 0.767 bits per heavy atom. The molecule has 14 nitrogen and oxygen atoms in total. The first-order valence-corrected chi connectivity index (χ1v) is 22.0. The summed E-state index contributed by atoms with van der Waals surface area (Å²) in [5.74, 6) is 1.47. The van der Waals surface area contributed by atoms with E-state index in [1.54, 1.807) is 6.07 Å². The molecule has 7 aliphatic rings. The lowest BCUT2D eigenvalue weighted by molar-refractivity contribution is -0.136. The number of carbonyl (C=O) groups is 4. The van der Waals surface area contributed by atoms with E-state index < -0.39 is 23.8 Å². The summed E-state index contributed by atoms with van der Waals surface area (Å²) in [5.41, 5.74) is 5.00. The van der Waals surface area contributed by atoms with Crippen molar-refractivity contribution in [3.05, 3.63) is 65.9 Å². The average molecular weight is 812 g/mol. The fraction of sp³-hybridized carbons (Fsp3) is 0.522. The van der Waals surface area contributed by atoms with Crippen molar-refractivity contribution in [2.75, 3.05) is 75.2 Å². The largest absolute Gasteiger partial charge is 0.488 e. The van der Waals surface area contributed by atoms with E-state index in [-0.39, 0.29) is 24.3 Å². The Morgan fingerprint density at radius 3 is 2.25 bits per heavy atom. The molecule has 2 aromatic heterocycles. The Balaban J connectivity index is 0.615. The number of rotatable bonds is 10. The molecule has 312 valence electrons. The zero-order valence-electron chi connectivity index (χ0n) is 34.3. The van der Waals surface area contributed by atoms with E-state index in [2.05, 4.69) is 66.3 Å². The maximum Gasteiger partial charge on any atom is 0.262 e. The molecule has 0 radical (unpaired) electrons. The van der Waals surface area contributed by atoms with Gasteiger partial charge in [0.2, 0.25) is 11.8 Å². The Hall–Kier alpha value is -5.34. The third kappa shape index (κ3) is 6.91. The van der Waals surface area contributed by atoms with Crippen LogP contribution in [0.3, 0.4) is 0 Å². The van der Waals surface area contributed by atoms with Gasteiger partial charge in [-0.2, -0.15) is 5.10 Å². The number of likely N-dealkylation sites (tertiary alicyclic amines) is 2. The van der Waals surface area contributed by atoms with Gasteiger partial charge in [0.25, 0.3) is 11.8 Å². The molecule has 14 heteroatoms. The summed E-state index contributed by atoms with van der Waals surface area (Å²) in [6.07, 6.45) is 9.10. The molecule has 1 spiro atoms. The van der Waals surface area contributed by atoms with Crippen molar-refractivity contribution >= 4 is 46.0 Å². The summed E-state index contributed by atoms with van der Waals surface area (Å²) >= 11 is 0. The summed E-state index contributed by atoms with van der Waals surface area (Å²) < 4.78 is 6.25. The van der Waals surface area contributed by atoms with E-state index in [4.69, 9.17) is 9.72 Å². The second kappa shape index (κ2) is 14.4. The number of imide groups is 2. The lowest BCUT2D eigenvalue weighted by Gasteiger charge is -2.61. The minimum atomic E-state index is -0.947. The highest BCUT2D eigenvalue weighted by molar-refractivity contribution is 6.23. The van der Waals surface area contributed by atoms with Gasteiger partial charge in [0.15, 0.2) is 0 Å². The first-order valence-electron chi connectivity index (χ1n) is 22.0. The predicted molar refractivity (Wildman–Crippen MR) is 226 cm³/mol. The number of pyridine rings is 1. The Bertz CT molecular complexity index is 2380. The van der Waals surface area contributed by atoms with Gasteiger partial charge in [-0.3, -0.25) is 34.5 Å². The van der Waals surface area contributed by atoms with Crippen molar-refractivity contribution in [3.63, 3.8) is 0 Å². The molecule has 11 rings (SSSR count). The van der Waals surface area contributed by atoms with Gasteiger partial charge in [0, 0.05) is 87.0 Å². The molecule has 5 saturated heterocycles. The van der Waals surface area contributed by atoms with Crippen LogP contribution in [0.4, 0.5) is 11.5 Å². The molecule has 1 aliphatic carbocycles. The number of anilines is 2.